The zero-order valence-corrected chi connectivity index (χ0v) is 17.4. The minimum Gasteiger partial charge on any atom is -0.478 e. The molecular weight excluding hydrogens is 452 g/mol. The van der Waals surface area contributed by atoms with Gasteiger partial charge in [0.15, 0.2) is 5.11 Å². The van der Waals surface area contributed by atoms with Crippen LogP contribution in [0.1, 0.15) is 28.8 Å². The number of halogens is 2. The third kappa shape index (κ3) is 4.60. The second-order valence-electron chi connectivity index (χ2n) is 6.46. The van der Waals surface area contributed by atoms with Crippen molar-refractivity contribution in [2.24, 2.45) is 0 Å². The van der Waals surface area contributed by atoms with Crippen LogP contribution < -0.4 is 5.32 Å². The molecule has 0 spiro atoms. The van der Waals surface area contributed by atoms with E-state index in [1.54, 1.807) is 12.1 Å². The molecule has 2 aromatic rings. The number of carboxylic acid groups (broad SMARTS) is 1. The van der Waals surface area contributed by atoms with Gasteiger partial charge >= 0.3 is 5.97 Å². The Hall–Kier alpha value is -1.67. The first-order valence-corrected chi connectivity index (χ1v) is 9.94. The van der Waals surface area contributed by atoms with Crippen LogP contribution in [0.15, 0.2) is 46.9 Å². The number of carboxylic acids is 1. The summed E-state index contributed by atoms with van der Waals surface area (Å²) in [5.41, 5.74) is 0.717. The number of piperidine rings is 1. The number of likely N-dealkylation sites (tertiary alicyclic amines) is 1. The predicted molar refractivity (Wildman–Crippen MR) is 113 cm³/mol. The first-order valence-electron chi connectivity index (χ1n) is 8.36. The molecule has 2 aromatic carbocycles. The van der Waals surface area contributed by atoms with Gasteiger partial charge in [0, 0.05) is 23.2 Å². The maximum atomic E-state index is 11.0. The minimum absolute atomic E-state index is 0.0469. The fraction of sp³-hybridized carbons (Fsp3) is 0.263. The van der Waals surface area contributed by atoms with Crippen LogP contribution in [0.3, 0.4) is 0 Å². The number of aliphatic hydroxyl groups is 1. The summed E-state index contributed by atoms with van der Waals surface area (Å²) >= 11 is 14.9. The van der Waals surface area contributed by atoms with Gasteiger partial charge in [-0.25, -0.2) is 4.79 Å². The van der Waals surface area contributed by atoms with E-state index in [2.05, 4.69) is 21.2 Å². The lowest BCUT2D eigenvalue weighted by molar-refractivity contribution is -0.0117. The van der Waals surface area contributed by atoms with Gasteiger partial charge in [0.2, 0.25) is 0 Å². The lowest BCUT2D eigenvalue weighted by atomic mass is 9.84. The summed E-state index contributed by atoms with van der Waals surface area (Å²) in [6.45, 7) is 1.22. The monoisotopic (exact) mass is 468 g/mol. The lowest BCUT2D eigenvalue weighted by Gasteiger charge is -2.39. The standard InChI is InChI=1S/C19H18BrClN2O3S/c20-13-3-1-12(2-4-13)19(26)7-9-23(10-8-19)18(27)22-14-5-6-15(17(24)25)16(21)11-14/h1-6,11,26H,7-10H2,(H,22,27)(H,24,25). The Morgan fingerprint density at radius 3 is 2.37 bits per heavy atom. The largest absolute Gasteiger partial charge is 0.478 e. The first kappa shape index (κ1) is 20.1. The number of benzene rings is 2. The summed E-state index contributed by atoms with van der Waals surface area (Å²) < 4.78 is 0.977. The quantitative estimate of drug-likeness (QED) is 0.576. The van der Waals surface area contributed by atoms with E-state index in [4.69, 9.17) is 28.9 Å². The van der Waals surface area contributed by atoms with Gasteiger partial charge in [-0.3, -0.25) is 0 Å². The van der Waals surface area contributed by atoms with Gasteiger partial charge in [-0.05, 0) is 61.0 Å². The SMILES string of the molecule is O=C(O)c1ccc(NC(=S)N2CCC(O)(c3ccc(Br)cc3)CC2)cc1Cl. The molecule has 0 saturated carbocycles. The van der Waals surface area contributed by atoms with E-state index in [1.807, 2.05) is 29.2 Å². The average molecular weight is 470 g/mol. The van der Waals surface area contributed by atoms with Crippen LogP contribution >= 0.6 is 39.7 Å². The molecule has 5 nitrogen and oxygen atoms in total. The number of carbonyl (C=O) groups is 1. The molecule has 0 bridgehead atoms. The van der Waals surface area contributed by atoms with Crippen LogP contribution in [-0.2, 0) is 5.60 Å². The van der Waals surface area contributed by atoms with E-state index in [0.29, 0.717) is 36.7 Å². The van der Waals surface area contributed by atoms with Crippen molar-refractivity contribution in [2.75, 3.05) is 18.4 Å². The highest BCUT2D eigenvalue weighted by Gasteiger charge is 2.34. The highest BCUT2D eigenvalue weighted by atomic mass is 79.9. The molecule has 1 fully saturated rings. The van der Waals surface area contributed by atoms with Crippen LogP contribution in [0.4, 0.5) is 5.69 Å². The number of thiocarbonyl (C=S) groups is 1. The third-order valence-corrected chi connectivity index (χ3v) is 5.91. The molecule has 0 unspecified atom stereocenters. The Morgan fingerprint density at radius 1 is 1.19 bits per heavy atom. The molecule has 1 saturated heterocycles. The second kappa shape index (κ2) is 8.14. The number of anilines is 1. The molecule has 1 aliphatic rings. The van der Waals surface area contributed by atoms with Gasteiger partial charge in [-0.1, -0.05) is 39.7 Å². The molecule has 3 rings (SSSR count). The number of nitrogens with zero attached hydrogens (tertiary/aromatic N) is 1. The molecule has 0 atom stereocenters. The summed E-state index contributed by atoms with van der Waals surface area (Å²) in [5.74, 6) is -1.07. The highest BCUT2D eigenvalue weighted by molar-refractivity contribution is 9.10. The van der Waals surface area contributed by atoms with E-state index >= 15 is 0 Å². The molecule has 0 aliphatic carbocycles. The van der Waals surface area contributed by atoms with Crippen molar-refractivity contribution >= 4 is 56.5 Å². The van der Waals surface area contributed by atoms with Crippen LogP contribution in [0.2, 0.25) is 5.02 Å². The van der Waals surface area contributed by atoms with Crippen LogP contribution in [0, 0.1) is 0 Å². The van der Waals surface area contributed by atoms with Crippen LogP contribution in [0.5, 0.6) is 0 Å². The van der Waals surface area contributed by atoms with Gasteiger partial charge in [-0.15, -0.1) is 0 Å². The Kier molecular flexibility index (Phi) is 6.05. The van der Waals surface area contributed by atoms with Gasteiger partial charge in [0.1, 0.15) is 0 Å². The number of nitrogens with one attached hydrogen (secondary N) is 1. The molecule has 27 heavy (non-hydrogen) atoms. The summed E-state index contributed by atoms with van der Waals surface area (Å²) in [5, 5.41) is 23.8. The zero-order valence-electron chi connectivity index (χ0n) is 14.3. The molecule has 1 aliphatic heterocycles. The van der Waals surface area contributed by atoms with Crippen LogP contribution in [-0.4, -0.2) is 39.3 Å². The van der Waals surface area contributed by atoms with Crippen molar-refractivity contribution in [3.63, 3.8) is 0 Å². The van der Waals surface area contributed by atoms with Crippen molar-refractivity contribution in [3.05, 3.63) is 63.1 Å². The maximum Gasteiger partial charge on any atom is 0.337 e. The van der Waals surface area contributed by atoms with Gasteiger partial charge in [0.25, 0.3) is 0 Å². The van der Waals surface area contributed by atoms with Crippen molar-refractivity contribution in [3.8, 4) is 0 Å². The lowest BCUT2D eigenvalue weighted by Crippen LogP contribution is -2.46. The van der Waals surface area contributed by atoms with E-state index in [0.717, 1.165) is 10.0 Å². The summed E-state index contributed by atoms with van der Waals surface area (Å²) in [6, 6.07) is 12.3. The fourth-order valence-corrected chi connectivity index (χ4v) is 3.92. The van der Waals surface area contributed by atoms with Crippen molar-refractivity contribution < 1.29 is 15.0 Å². The maximum absolute atomic E-state index is 11.0. The second-order valence-corrected chi connectivity index (χ2v) is 8.17. The predicted octanol–water partition coefficient (Wildman–Crippen LogP) is 4.48. The summed E-state index contributed by atoms with van der Waals surface area (Å²) in [4.78, 5) is 13.0. The molecule has 0 aromatic heterocycles. The van der Waals surface area contributed by atoms with Gasteiger partial charge in [0.05, 0.1) is 16.2 Å². The molecule has 142 valence electrons. The smallest absolute Gasteiger partial charge is 0.337 e. The number of hydrogen-bond acceptors (Lipinski definition) is 3. The molecule has 3 N–H and O–H groups in total. The Labute approximate surface area is 176 Å². The Balaban J connectivity index is 1.62. The van der Waals surface area contributed by atoms with E-state index in [-0.39, 0.29) is 10.6 Å². The van der Waals surface area contributed by atoms with Gasteiger partial charge < -0.3 is 20.4 Å². The van der Waals surface area contributed by atoms with Crippen molar-refractivity contribution in [2.45, 2.75) is 18.4 Å². The van der Waals surface area contributed by atoms with Crippen LogP contribution in [0.25, 0.3) is 0 Å². The Bertz CT molecular complexity index is 868. The fourth-order valence-electron chi connectivity index (χ4n) is 3.10. The van der Waals surface area contributed by atoms with Crippen molar-refractivity contribution in [1.82, 2.24) is 4.90 Å². The molecule has 1 heterocycles. The third-order valence-electron chi connectivity index (χ3n) is 4.71. The van der Waals surface area contributed by atoms with E-state index in [9.17, 15) is 9.90 Å². The zero-order chi connectivity index (χ0) is 19.6. The molecule has 8 heteroatoms. The van der Waals surface area contributed by atoms with Gasteiger partial charge in [-0.2, -0.15) is 0 Å². The Morgan fingerprint density at radius 2 is 1.81 bits per heavy atom. The van der Waals surface area contributed by atoms with E-state index < -0.39 is 11.6 Å². The first-order chi connectivity index (χ1) is 12.8. The number of aromatic carboxylic acids is 1. The normalized spacial score (nSPS) is 16.0. The minimum atomic E-state index is -1.07. The summed E-state index contributed by atoms with van der Waals surface area (Å²) in [7, 11) is 0. The number of rotatable bonds is 3. The molecular formula is C19H18BrClN2O3S. The molecule has 0 radical (unpaired) electrons. The number of hydrogen-bond donors (Lipinski definition) is 3. The van der Waals surface area contributed by atoms with E-state index in [1.165, 1.54) is 6.07 Å². The topological polar surface area (TPSA) is 72.8 Å². The average Bonchev–Trinajstić information content (AvgIpc) is 2.62. The summed E-state index contributed by atoms with van der Waals surface area (Å²) in [6.07, 6.45) is 1.13. The van der Waals surface area contributed by atoms with Crippen molar-refractivity contribution in [1.29, 1.82) is 0 Å². The molecule has 0 amide bonds. The highest BCUT2D eigenvalue weighted by Crippen LogP contribution is 2.33.